The summed E-state index contributed by atoms with van der Waals surface area (Å²) in [7, 11) is 4.14. The van der Waals surface area contributed by atoms with Crippen LogP contribution in [0, 0.1) is 12.8 Å². The second kappa shape index (κ2) is 10.5. The van der Waals surface area contributed by atoms with Crippen molar-refractivity contribution in [2.75, 3.05) is 20.6 Å². The Morgan fingerprint density at radius 2 is 1.85 bits per heavy atom. The lowest BCUT2D eigenvalue weighted by atomic mass is 9.85. The Balaban J connectivity index is 0.00000169. The van der Waals surface area contributed by atoms with Crippen molar-refractivity contribution in [1.29, 1.82) is 0 Å². The lowest BCUT2D eigenvalue weighted by Gasteiger charge is -2.26. The molecule has 6 heteroatoms. The molecule has 2 fully saturated rings. The zero-order valence-electron chi connectivity index (χ0n) is 16.0. The molecule has 26 heavy (non-hydrogen) atoms. The molecule has 1 amide bonds. The van der Waals surface area contributed by atoms with Crippen molar-refractivity contribution >= 4 is 30.7 Å². The third kappa shape index (κ3) is 5.59. The first-order valence-electron chi connectivity index (χ1n) is 9.31. The number of rotatable bonds is 5. The van der Waals surface area contributed by atoms with E-state index in [0.717, 1.165) is 6.42 Å². The zero-order valence-corrected chi connectivity index (χ0v) is 17.7. The van der Waals surface area contributed by atoms with Gasteiger partial charge in [0.05, 0.1) is 12.1 Å². The molecule has 0 spiro atoms. The number of halogens is 2. The number of aryl methyl sites for hydroxylation is 1. The molecule has 1 aliphatic heterocycles. The first-order valence-corrected chi connectivity index (χ1v) is 9.31. The number of hydrogen-bond acceptors (Lipinski definition) is 3. The van der Waals surface area contributed by atoms with Gasteiger partial charge in [-0.05, 0) is 51.8 Å². The highest BCUT2D eigenvalue weighted by Crippen LogP contribution is 2.33. The normalized spacial score (nSPS) is 25.6. The number of benzene rings is 1. The van der Waals surface area contributed by atoms with Gasteiger partial charge in [-0.2, -0.15) is 0 Å². The molecule has 1 saturated heterocycles. The Bertz CT molecular complexity index is 551. The van der Waals surface area contributed by atoms with Gasteiger partial charge in [-0.1, -0.05) is 42.7 Å². The SMILES string of the molecule is Cc1ccc(C(CNC(=O)C2CC3CCCCC3N2)N(C)C)cc1.Cl.Cl. The number of fused-ring (bicyclic) bond motifs is 1. The van der Waals surface area contributed by atoms with E-state index in [2.05, 4.69) is 60.8 Å². The predicted octanol–water partition coefficient (Wildman–Crippen LogP) is 3.48. The van der Waals surface area contributed by atoms with E-state index >= 15 is 0 Å². The maximum Gasteiger partial charge on any atom is 0.237 e. The maximum atomic E-state index is 12.6. The average Bonchev–Trinajstić information content (AvgIpc) is 3.00. The van der Waals surface area contributed by atoms with Gasteiger partial charge >= 0.3 is 0 Å². The standard InChI is InChI=1S/C20H31N3O.2ClH/c1-14-8-10-15(11-9-14)19(23(2)3)13-21-20(24)18-12-16-6-4-5-7-17(16)22-18;;/h8-11,16-19,22H,4-7,12-13H2,1-3H3,(H,21,24);2*1H. The highest BCUT2D eigenvalue weighted by atomic mass is 35.5. The van der Waals surface area contributed by atoms with Crippen LogP contribution in [0.3, 0.4) is 0 Å². The number of amides is 1. The lowest BCUT2D eigenvalue weighted by Crippen LogP contribution is -2.45. The molecule has 148 valence electrons. The molecule has 1 heterocycles. The highest BCUT2D eigenvalue weighted by Gasteiger charge is 2.38. The molecule has 0 radical (unpaired) electrons. The second-order valence-corrected chi connectivity index (χ2v) is 7.74. The van der Waals surface area contributed by atoms with E-state index in [-0.39, 0.29) is 42.8 Å². The minimum absolute atomic E-state index is 0. The molecule has 4 unspecified atom stereocenters. The van der Waals surface area contributed by atoms with Crippen LogP contribution in [-0.4, -0.2) is 43.5 Å². The molecule has 0 bridgehead atoms. The monoisotopic (exact) mass is 401 g/mol. The summed E-state index contributed by atoms with van der Waals surface area (Å²) in [4.78, 5) is 14.8. The van der Waals surface area contributed by atoms with Gasteiger partial charge in [-0.25, -0.2) is 0 Å². The molecule has 4 nitrogen and oxygen atoms in total. The van der Waals surface area contributed by atoms with Gasteiger partial charge < -0.3 is 15.5 Å². The largest absolute Gasteiger partial charge is 0.353 e. The molecule has 2 N–H and O–H groups in total. The summed E-state index contributed by atoms with van der Waals surface area (Å²) in [5, 5.41) is 6.75. The quantitative estimate of drug-likeness (QED) is 0.793. The summed E-state index contributed by atoms with van der Waals surface area (Å²) in [6.07, 6.45) is 6.16. The summed E-state index contributed by atoms with van der Waals surface area (Å²) in [5.41, 5.74) is 2.51. The van der Waals surface area contributed by atoms with Gasteiger partial charge in [0, 0.05) is 12.6 Å². The van der Waals surface area contributed by atoms with E-state index in [4.69, 9.17) is 0 Å². The first-order chi connectivity index (χ1) is 11.5. The van der Waals surface area contributed by atoms with Crippen LogP contribution in [0.4, 0.5) is 0 Å². The first kappa shape index (κ1) is 23.2. The lowest BCUT2D eigenvalue weighted by molar-refractivity contribution is -0.123. The Morgan fingerprint density at radius 3 is 2.46 bits per heavy atom. The number of likely N-dealkylation sites (N-methyl/N-ethyl adjacent to an activating group) is 1. The minimum atomic E-state index is -0.000991. The van der Waals surface area contributed by atoms with Crippen LogP contribution >= 0.6 is 24.8 Å². The fourth-order valence-corrected chi connectivity index (χ4v) is 4.23. The summed E-state index contributed by atoms with van der Waals surface area (Å²) in [6.45, 7) is 2.75. The number of hydrogen-bond donors (Lipinski definition) is 2. The summed E-state index contributed by atoms with van der Waals surface area (Å²) in [6, 6.07) is 9.37. The van der Waals surface area contributed by atoms with Crippen molar-refractivity contribution in [3.05, 3.63) is 35.4 Å². The summed E-state index contributed by atoms with van der Waals surface area (Å²) < 4.78 is 0. The zero-order chi connectivity index (χ0) is 17.1. The molecule has 1 aliphatic carbocycles. The molecule has 1 aromatic rings. The fourth-order valence-electron chi connectivity index (χ4n) is 4.23. The van der Waals surface area contributed by atoms with Crippen LogP contribution in [0.25, 0.3) is 0 Å². The van der Waals surface area contributed by atoms with Crippen molar-refractivity contribution < 1.29 is 4.79 Å². The van der Waals surface area contributed by atoms with Crippen molar-refractivity contribution in [3.63, 3.8) is 0 Å². The van der Waals surface area contributed by atoms with E-state index in [1.807, 2.05) is 0 Å². The minimum Gasteiger partial charge on any atom is -0.353 e. The maximum absolute atomic E-state index is 12.6. The van der Waals surface area contributed by atoms with Crippen molar-refractivity contribution in [2.45, 2.75) is 57.2 Å². The third-order valence-electron chi connectivity index (χ3n) is 5.73. The van der Waals surface area contributed by atoms with Gasteiger partial charge in [0.25, 0.3) is 0 Å². The number of carbonyl (C=O) groups is 1. The van der Waals surface area contributed by atoms with E-state index in [1.165, 1.54) is 36.8 Å². The van der Waals surface area contributed by atoms with Crippen LogP contribution in [0.1, 0.15) is 49.3 Å². The highest BCUT2D eigenvalue weighted by molar-refractivity contribution is 5.85. The third-order valence-corrected chi connectivity index (χ3v) is 5.73. The van der Waals surface area contributed by atoms with Crippen molar-refractivity contribution in [2.24, 2.45) is 5.92 Å². The van der Waals surface area contributed by atoms with Crippen LogP contribution < -0.4 is 10.6 Å². The van der Waals surface area contributed by atoms with Crippen LogP contribution in [-0.2, 0) is 4.79 Å². The van der Waals surface area contributed by atoms with Gasteiger partial charge in [0.15, 0.2) is 0 Å². The van der Waals surface area contributed by atoms with Gasteiger partial charge in [-0.3, -0.25) is 4.79 Å². The van der Waals surface area contributed by atoms with E-state index in [1.54, 1.807) is 0 Å². The van der Waals surface area contributed by atoms with Crippen LogP contribution in [0.5, 0.6) is 0 Å². The van der Waals surface area contributed by atoms with E-state index < -0.39 is 0 Å². The molecule has 4 atom stereocenters. The van der Waals surface area contributed by atoms with E-state index in [9.17, 15) is 4.79 Å². The Kier molecular flexibility index (Phi) is 9.39. The summed E-state index contributed by atoms with van der Waals surface area (Å²) in [5.74, 6) is 0.875. The Hall–Kier alpha value is -0.810. The number of carbonyl (C=O) groups excluding carboxylic acids is 1. The van der Waals surface area contributed by atoms with E-state index in [0.29, 0.717) is 18.5 Å². The number of nitrogens with one attached hydrogen (secondary N) is 2. The molecule has 0 aromatic heterocycles. The molecule has 3 rings (SSSR count). The Morgan fingerprint density at radius 1 is 1.19 bits per heavy atom. The van der Waals surface area contributed by atoms with Crippen molar-refractivity contribution in [3.8, 4) is 0 Å². The second-order valence-electron chi connectivity index (χ2n) is 7.74. The van der Waals surface area contributed by atoms with Gasteiger partial charge in [0.1, 0.15) is 0 Å². The predicted molar refractivity (Wildman–Crippen MR) is 112 cm³/mol. The molecule has 2 aliphatic rings. The topological polar surface area (TPSA) is 44.4 Å². The molecular formula is C20H33Cl2N3O. The molecule has 1 aromatic carbocycles. The Labute approximate surface area is 170 Å². The fraction of sp³-hybridized carbons (Fsp3) is 0.650. The smallest absolute Gasteiger partial charge is 0.237 e. The average molecular weight is 402 g/mol. The molecular weight excluding hydrogens is 369 g/mol. The van der Waals surface area contributed by atoms with Crippen molar-refractivity contribution in [1.82, 2.24) is 15.5 Å². The van der Waals surface area contributed by atoms with Crippen LogP contribution in [0.15, 0.2) is 24.3 Å². The molecule has 1 saturated carbocycles. The van der Waals surface area contributed by atoms with Gasteiger partial charge in [-0.15, -0.1) is 24.8 Å². The number of nitrogens with zero attached hydrogens (tertiary/aromatic N) is 1. The summed E-state index contributed by atoms with van der Waals surface area (Å²) >= 11 is 0. The van der Waals surface area contributed by atoms with Gasteiger partial charge in [0.2, 0.25) is 5.91 Å². The van der Waals surface area contributed by atoms with Crippen LogP contribution in [0.2, 0.25) is 0 Å².